The molecule has 1 atom stereocenters. The standard InChI is InChI=1S/C24H32FN5O3/c1-15(2)13-24(6,29-22(31)33-23(3,4)5)14-32-16-7-8-17(18(25)11-16)19-12-20(26)28-21-9-10-27-30(19)21/h7-12,15H,13-14H2,1-6H3,(H2,26,28)(H,29,31)/t24-/m0/s1. The summed E-state index contributed by atoms with van der Waals surface area (Å²) in [6.07, 6.45) is 1.71. The number of rotatable bonds is 7. The van der Waals surface area contributed by atoms with E-state index in [1.807, 2.05) is 6.92 Å². The van der Waals surface area contributed by atoms with E-state index in [9.17, 15) is 4.79 Å². The fourth-order valence-electron chi connectivity index (χ4n) is 3.76. The Labute approximate surface area is 193 Å². The second-order valence-corrected chi connectivity index (χ2v) is 9.88. The number of alkyl carbamates (subject to hydrolysis) is 1. The molecule has 0 saturated heterocycles. The number of hydrogen-bond donors (Lipinski definition) is 2. The number of nitrogen functional groups attached to an aromatic ring is 1. The number of nitrogens with one attached hydrogen (secondary N) is 1. The summed E-state index contributed by atoms with van der Waals surface area (Å²) in [5, 5.41) is 7.11. The molecule has 1 amide bonds. The minimum absolute atomic E-state index is 0.148. The van der Waals surface area contributed by atoms with E-state index in [0.717, 1.165) is 0 Å². The predicted octanol–water partition coefficient (Wildman–Crippen LogP) is 4.83. The minimum atomic E-state index is -0.702. The van der Waals surface area contributed by atoms with Gasteiger partial charge >= 0.3 is 6.09 Å². The molecule has 8 nitrogen and oxygen atoms in total. The SMILES string of the molecule is CC(C)C[C@@](C)(COc1ccc(-c2cc(N)nc3ccnn23)c(F)c1)NC(=O)OC(C)(C)C. The molecule has 0 aliphatic carbocycles. The van der Waals surface area contributed by atoms with Crippen LogP contribution in [0.15, 0.2) is 36.5 Å². The average Bonchev–Trinajstić information content (AvgIpc) is 3.12. The van der Waals surface area contributed by atoms with Crippen molar-refractivity contribution >= 4 is 17.6 Å². The Kier molecular flexibility index (Phi) is 6.81. The number of halogens is 1. The van der Waals surface area contributed by atoms with E-state index >= 15 is 4.39 Å². The third kappa shape index (κ3) is 6.34. The lowest BCUT2D eigenvalue weighted by Gasteiger charge is -2.33. The van der Waals surface area contributed by atoms with Crippen molar-refractivity contribution in [3.63, 3.8) is 0 Å². The van der Waals surface area contributed by atoms with Crippen LogP contribution in [0.5, 0.6) is 5.75 Å². The first kappa shape index (κ1) is 24.3. The predicted molar refractivity (Wildman–Crippen MR) is 126 cm³/mol. The van der Waals surface area contributed by atoms with Gasteiger partial charge in [-0.1, -0.05) is 13.8 Å². The molecule has 178 valence electrons. The highest BCUT2D eigenvalue weighted by Gasteiger charge is 2.31. The first-order valence-corrected chi connectivity index (χ1v) is 10.9. The van der Waals surface area contributed by atoms with E-state index < -0.39 is 23.1 Å². The third-order valence-corrected chi connectivity index (χ3v) is 4.81. The van der Waals surface area contributed by atoms with Crippen LogP contribution in [0.2, 0.25) is 0 Å². The van der Waals surface area contributed by atoms with Crippen molar-refractivity contribution in [2.24, 2.45) is 5.92 Å². The summed E-state index contributed by atoms with van der Waals surface area (Å²) < 4.78 is 27.9. The monoisotopic (exact) mass is 457 g/mol. The van der Waals surface area contributed by atoms with Crippen LogP contribution in [0, 0.1) is 11.7 Å². The number of carbonyl (C=O) groups excluding carboxylic acids is 1. The van der Waals surface area contributed by atoms with Gasteiger partial charge in [-0.3, -0.25) is 0 Å². The normalized spacial score (nSPS) is 13.7. The highest BCUT2D eigenvalue weighted by molar-refractivity contribution is 5.69. The maximum absolute atomic E-state index is 15.1. The Morgan fingerprint density at radius 2 is 1.94 bits per heavy atom. The first-order chi connectivity index (χ1) is 15.3. The zero-order valence-electron chi connectivity index (χ0n) is 20.0. The molecule has 0 aliphatic rings. The van der Waals surface area contributed by atoms with E-state index in [1.54, 1.807) is 51.2 Å². The van der Waals surface area contributed by atoms with Crippen LogP contribution in [-0.4, -0.2) is 38.4 Å². The van der Waals surface area contributed by atoms with E-state index in [-0.39, 0.29) is 12.4 Å². The van der Waals surface area contributed by atoms with Gasteiger partial charge in [0, 0.05) is 23.8 Å². The van der Waals surface area contributed by atoms with Gasteiger partial charge in [0.05, 0.1) is 17.4 Å². The van der Waals surface area contributed by atoms with Gasteiger partial charge in [-0.05, 0) is 52.2 Å². The molecule has 0 fully saturated rings. The van der Waals surface area contributed by atoms with Gasteiger partial charge in [0.2, 0.25) is 0 Å². The smallest absolute Gasteiger partial charge is 0.408 e. The van der Waals surface area contributed by atoms with Crippen LogP contribution in [0.3, 0.4) is 0 Å². The summed E-state index contributed by atoms with van der Waals surface area (Å²) in [7, 11) is 0. The topological polar surface area (TPSA) is 104 Å². The van der Waals surface area contributed by atoms with Crippen LogP contribution in [0.4, 0.5) is 15.0 Å². The van der Waals surface area contributed by atoms with Crippen LogP contribution in [0.25, 0.3) is 16.9 Å². The van der Waals surface area contributed by atoms with Crippen LogP contribution >= 0.6 is 0 Å². The van der Waals surface area contributed by atoms with Gasteiger partial charge in [0.15, 0.2) is 5.65 Å². The summed E-state index contributed by atoms with van der Waals surface area (Å²) in [6.45, 7) is 11.6. The number of carbonyl (C=O) groups is 1. The Bertz CT molecular complexity index is 1140. The number of nitrogens with zero attached hydrogens (tertiary/aromatic N) is 3. The zero-order chi connectivity index (χ0) is 24.4. The fourth-order valence-corrected chi connectivity index (χ4v) is 3.76. The molecule has 3 N–H and O–H groups in total. The molecule has 2 heterocycles. The first-order valence-electron chi connectivity index (χ1n) is 10.9. The average molecular weight is 458 g/mol. The maximum atomic E-state index is 15.1. The third-order valence-electron chi connectivity index (χ3n) is 4.81. The highest BCUT2D eigenvalue weighted by atomic mass is 19.1. The molecule has 9 heteroatoms. The second-order valence-electron chi connectivity index (χ2n) is 9.88. The van der Waals surface area contributed by atoms with Crippen molar-refractivity contribution in [3.8, 4) is 17.0 Å². The maximum Gasteiger partial charge on any atom is 0.408 e. The summed E-state index contributed by atoms with van der Waals surface area (Å²) >= 11 is 0. The second kappa shape index (κ2) is 9.25. The summed E-state index contributed by atoms with van der Waals surface area (Å²) in [5.74, 6) is 0.424. The molecule has 0 aliphatic heterocycles. The van der Waals surface area contributed by atoms with Crippen molar-refractivity contribution < 1.29 is 18.7 Å². The van der Waals surface area contributed by atoms with Crippen molar-refractivity contribution in [3.05, 3.63) is 42.3 Å². The van der Waals surface area contributed by atoms with Crippen molar-refractivity contribution in [1.29, 1.82) is 0 Å². The van der Waals surface area contributed by atoms with Gasteiger partial charge in [0.25, 0.3) is 0 Å². The van der Waals surface area contributed by atoms with E-state index in [2.05, 4.69) is 29.2 Å². The van der Waals surface area contributed by atoms with Crippen LogP contribution in [-0.2, 0) is 4.74 Å². The lowest BCUT2D eigenvalue weighted by atomic mass is 9.91. The molecule has 0 saturated carbocycles. The molecule has 0 unspecified atom stereocenters. The number of aromatic nitrogens is 3. The number of ether oxygens (including phenoxy) is 2. The summed E-state index contributed by atoms with van der Waals surface area (Å²) in [5.41, 5.74) is 5.90. The number of hydrogen-bond acceptors (Lipinski definition) is 6. The number of anilines is 1. The molecule has 2 aromatic heterocycles. The fraction of sp³-hybridized carbons (Fsp3) is 0.458. The lowest BCUT2D eigenvalue weighted by Crippen LogP contribution is -2.52. The number of amides is 1. The molecule has 0 radical (unpaired) electrons. The zero-order valence-corrected chi connectivity index (χ0v) is 20.0. The Balaban J connectivity index is 1.79. The molecule has 0 bridgehead atoms. The summed E-state index contributed by atoms with van der Waals surface area (Å²) in [4.78, 5) is 16.5. The molecular formula is C24H32FN5O3. The summed E-state index contributed by atoms with van der Waals surface area (Å²) in [6, 6.07) is 7.87. The van der Waals surface area contributed by atoms with Gasteiger partial charge in [0.1, 0.15) is 29.6 Å². The number of benzene rings is 1. The molecule has 1 aromatic carbocycles. The minimum Gasteiger partial charge on any atom is -0.491 e. The van der Waals surface area contributed by atoms with Crippen molar-refractivity contribution in [2.45, 2.75) is 59.1 Å². The quantitative estimate of drug-likeness (QED) is 0.527. The Hall–Kier alpha value is -3.36. The molecule has 33 heavy (non-hydrogen) atoms. The van der Waals surface area contributed by atoms with Gasteiger partial charge in [-0.25, -0.2) is 18.7 Å². The molecule has 3 rings (SSSR count). The molecule has 3 aromatic rings. The highest BCUT2D eigenvalue weighted by Crippen LogP contribution is 2.28. The van der Waals surface area contributed by atoms with Crippen molar-refractivity contribution in [2.75, 3.05) is 12.3 Å². The van der Waals surface area contributed by atoms with Gasteiger partial charge < -0.3 is 20.5 Å². The number of nitrogens with two attached hydrogens (primary N) is 1. The van der Waals surface area contributed by atoms with Crippen LogP contribution in [0.1, 0.15) is 48.0 Å². The van der Waals surface area contributed by atoms with E-state index in [0.29, 0.717) is 35.0 Å². The van der Waals surface area contributed by atoms with Crippen LogP contribution < -0.4 is 15.8 Å². The number of fused-ring (bicyclic) bond motifs is 1. The largest absolute Gasteiger partial charge is 0.491 e. The Morgan fingerprint density at radius 3 is 2.58 bits per heavy atom. The van der Waals surface area contributed by atoms with Crippen molar-refractivity contribution in [1.82, 2.24) is 19.9 Å². The van der Waals surface area contributed by atoms with E-state index in [1.165, 1.54) is 10.6 Å². The van der Waals surface area contributed by atoms with Gasteiger partial charge in [-0.2, -0.15) is 5.10 Å². The molecular weight excluding hydrogens is 425 g/mol. The van der Waals surface area contributed by atoms with Gasteiger partial charge in [-0.15, -0.1) is 0 Å². The lowest BCUT2D eigenvalue weighted by molar-refractivity contribution is 0.0408. The molecule has 0 spiro atoms. The van der Waals surface area contributed by atoms with E-state index in [4.69, 9.17) is 15.2 Å². The Morgan fingerprint density at radius 1 is 1.21 bits per heavy atom.